The van der Waals surface area contributed by atoms with Gasteiger partial charge in [-0.15, -0.1) is 0 Å². The number of hydrogen-bond donors (Lipinski definition) is 2. The van der Waals surface area contributed by atoms with Gasteiger partial charge in [-0.3, -0.25) is 0 Å². The van der Waals surface area contributed by atoms with Crippen LogP contribution in [0.25, 0.3) is 0 Å². The minimum absolute atomic E-state index is 0.0138. The van der Waals surface area contributed by atoms with Crippen molar-refractivity contribution in [3.05, 3.63) is 65.7 Å². The van der Waals surface area contributed by atoms with Gasteiger partial charge in [0.25, 0.3) is 0 Å². The Balaban J connectivity index is 1.76. The first-order chi connectivity index (χ1) is 12.1. The molecule has 0 bridgehead atoms. The van der Waals surface area contributed by atoms with Gasteiger partial charge in [0.1, 0.15) is 5.75 Å². The number of rotatable bonds is 10. The average Bonchev–Trinajstić information content (AvgIpc) is 2.63. The molecule has 0 aliphatic rings. The molecule has 2 rings (SSSR count). The first kappa shape index (κ1) is 19.5. The molecule has 136 valence electrons. The summed E-state index contributed by atoms with van der Waals surface area (Å²) in [5.41, 5.74) is 2.22. The lowest BCUT2D eigenvalue weighted by Gasteiger charge is -2.20. The van der Waals surface area contributed by atoms with Crippen LogP contribution in [-0.4, -0.2) is 23.8 Å². The lowest BCUT2D eigenvalue weighted by atomic mass is 10.0. The van der Waals surface area contributed by atoms with E-state index in [9.17, 15) is 5.11 Å². The number of aliphatic hydroxyl groups excluding tert-OH is 1. The Bertz CT molecular complexity index is 597. The Kier molecular flexibility index (Phi) is 7.96. The molecule has 0 aromatic heterocycles. The highest BCUT2D eigenvalue weighted by Crippen LogP contribution is 2.17. The van der Waals surface area contributed by atoms with Crippen molar-refractivity contribution in [1.29, 1.82) is 0 Å². The van der Waals surface area contributed by atoms with Crippen LogP contribution in [0.5, 0.6) is 5.75 Å². The predicted octanol–water partition coefficient (Wildman–Crippen LogP) is 4.51. The van der Waals surface area contributed by atoms with Gasteiger partial charge in [-0.2, -0.15) is 0 Å². The monoisotopic (exact) mass is 341 g/mol. The van der Waals surface area contributed by atoms with Crippen molar-refractivity contribution in [3.8, 4) is 5.75 Å². The maximum Gasteiger partial charge on any atom is 0.119 e. The van der Waals surface area contributed by atoms with Crippen LogP contribution in [0, 0.1) is 0 Å². The normalized spacial score (nSPS) is 14.7. The van der Waals surface area contributed by atoms with Crippen LogP contribution in [-0.2, 0) is 6.42 Å². The van der Waals surface area contributed by atoms with E-state index in [1.54, 1.807) is 0 Å². The Morgan fingerprint density at radius 1 is 1.00 bits per heavy atom. The molecule has 25 heavy (non-hydrogen) atoms. The second-order valence-corrected chi connectivity index (χ2v) is 6.71. The van der Waals surface area contributed by atoms with E-state index in [0.29, 0.717) is 0 Å². The summed E-state index contributed by atoms with van der Waals surface area (Å²) >= 11 is 0. The molecule has 0 heterocycles. The second-order valence-electron chi connectivity index (χ2n) is 6.71. The highest BCUT2D eigenvalue weighted by molar-refractivity contribution is 5.27. The largest absolute Gasteiger partial charge is 0.491 e. The van der Waals surface area contributed by atoms with Crippen LogP contribution >= 0.6 is 0 Å². The molecule has 3 nitrogen and oxygen atoms in total. The summed E-state index contributed by atoms with van der Waals surface area (Å²) in [6.07, 6.45) is 2.91. The van der Waals surface area contributed by atoms with Crippen LogP contribution in [0.2, 0.25) is 0 Å². The van der Waals surface area contributed by atoms with Crippen molar-refractivity contribution in [2.75, 3.05) is 6.54 Å². The van der Waals surface area contributed by atoms with Gasteiger partial charge < -0.3 is 15.2 Å². The third kappa shape index (κ3) is 6.52. The molecule has 2 aromatic rings. The Hall–Kier alpha value is -1.84. The van der Waals surface area contributed by atoms with E-state index < -0.39 is 6.10 Å². The van der Waals surface area contributed by atoms with E-state index >= 15 is 0 Å². The van der Waals surface area contributed by atoms with E-state index in [1.807, 2.05) is 49.4 Å². The van der Waals surface area contributed by atoms with Crippen LogP contribution in [0.15, 0.2) is 54.6 Å². The Morgan fingerprint density at radius 2 is 1.68 bits per heavy atom. The Labute approximate surface area is 152 Å². The molecular weight excluding hydrogens is 310 g/mol. The molecule has 3 heteroatoms. The fourth-order valence-corrected chi connectivity index (χ4v) is 2.93. The summed E-state index contributed by atoms with van der Waals surface area (Å²) in [6.45, 7) is 7.13. The van der Waals surface area contributed by atoms with E-state index in [4.69, 9.17) is 4.74 Å². The number of benzene rings is 2. The molecule has 0 saturated heterocycles. The second kappa shape index (κ2) is 10.2. The minimum Gasteiger partial charge on any atom is -0.491 e. The zero-order valence-corrected chi connectivity index (χ0v) is 15.6. The van der Waals surface area contributed by atoms with Crippen molar-refractivity contribution in [3.63, 3.8) is 0 Å². The average molecular weight is 341 g/mol. The van der Waals surface area contributed by atoms with Crippen molar-refractivity contribution in [2.24, 2.45) is 0 Å². The summed E-state index contributed by atoms with van der Waals surface area (Å²) in [5, 5.41) is 13.8. The quantitative estimate of drug-likeness (QED) is 0.668. The van der Waals surface area contributed by atoms with E-state index in [0.717, 1.165) is 37.1 Å². The van der Waals surface area contributed by atoms with E-state index in [-0.39, 0.29) is 12.1 Å². The number of ether oxygens (including phenoxy) is 1. The van der Waals surface area contributed by atoms with Gasteiger partial charge in [-0.1, -0.05) is 55.8 Å². The van der Waals surface area contributed by atoms with Gasteiger partial charge in [-0.05, 0) is 56.5 Å². The molecule has 0 aliphatic carbocycles. The zero-order chi connectivity index (χ0) is 18.1. The molecule has 2 aromatic carbocycles. The number of nitrogens with one attached hydrogen (secondary N) is 1. The standard InChI is InChI=1S/C22H31NO2/c1-4-8-17(2)25-21-13-11-19(12-14-21)15-16-23-18(3)22(24)20-9-6-5-7-10-20/h5-7,9-14,17-18,22-24H,4,8,15-16H2,1-3H3/t17?,18-,22-/m1/s1. The summed E-state index contributed by atoms with van der Waals surface area (Å²) in [7, 11) is 0. The first-order valence-electron chi connectivity index (χ1n) is 9.32. The Morgan fingerprint density at radius 3 is 2.32 bits per heavy atom. The first-order valence-corrected chi connectivity index (χ1v) is 9.32. The lowest BCUT2D eigenvalue weighted by Crippen LogP contribution is -2.33. The van der Waals surface area contributed by atoms with Crippen molar-refractivity contribution >= 4 is 0 Å². The van der Waals surface area contributed by atoms with Crippen molar-refractivity contribution in [2.45, 2.75) is 58.3 Å². The predicted molar refractivity (Wildman–Crippen MR) is 104 cm³/mol. The maximum atomic E-state index is 10.4. The molecule has 2 N–H and O–H groups in total. The molecule has 0 radical (unpaired) electrons. The van der Waals surface area contributed by atoms with E-state index in [2.05, 4.69) is 31.3 Å². The fraction of sp³-hybridized carbons (Fsp3) is 0.455. The minimum atomic E-state index is -0.489. The van der Waals surface area contributed by atoms with Gasteiger partial charge in [0, 0.05) is 6.04 Å². The third-order valence-electron chi connectivity index (χ3n) is 4.45. The van der Waals surface area contributed by atoms with Gasteiger partial charge in [-0.25, -0.2) is 0 Å². The molecular formula is C22H31NO2. The van der Waals surface area contributed by atoms with Crippen LogP contribution in [0.1, 0.15) is 50.8 Å². The van der Waals surface area contributed by atoms with Crippen LogP contribution in [0.4, 0.5) is 0 Å². The van der Waals surface area contributed by atoms with Gasteiger partial charge in [0.15, 0.2) is 0 Å². The lowest BCUT2D eigenvalue weighted by molar-refractivity contribution is 0.136. The fourth-order valence-electron chi connectivity index (χ4n) is 2.93. The topological polar surface area (TPSA) is 41.5 Å². The summed E-state index contributed by atoms with van der Waals surface area (Å²) in [5.74, 6) is 0.936. The number of hydrogen-bond acceptors (Lipinski definition) is 3. The van der Waals surface area contributed by atoms with Crippen molar-refractivity contribution in [1.82, 2.24) is 5.32 Å². The molecule has 0 spiro atoms. The SMILES string of the molecule is CCCC(C)Oc1ccc(CCN[C@H](C)[C@@H](O)c2ccccc2)cc1. The third-order valence-corrected chi connectivity index (χ3v) is 4.45. The molecule has 3 atom stereocenters. The van der Waals surface area contributed by atoms with Crippen LogP contribution in [0.3, 0.4) is 0 Å². The highest BCUT2D eigenvalue weighted by Gasteiger charge is 2.15. The molecule has 0 amide bonds. The van der Waals surface area contributed by atoms with E-state index in [1.165, 1.54) is 5.56 Å². The maximum absolute atomic E-state index is 10.4. The smallest absolute Gasteiger partial charge is 0.119 e. The summed E-state index contributed by atoms with van der Waals surface area (Å²) in [6, 6.07) is 18.1. The summed E-state index contributed by atoms with van der Waals surface area (Å²) in [4.78, 5) is 0. The zero-order valence-electron chi connectivity index (χ0n) is 15.6. The molecule has 0 fully saturated rings. The van der Waals surface area contributed by atoms with Crippen LogP contribution < -0.4 is 10.1 Å². The number of aliphatic hydroxyl groups is 1. The summed E-state index contributed by atoms with van der Waals surface area (Å²) < 4.78 is 5.88. The molecule has 0 saturated carbocycles. The van der Waals surface area contributed by atoms with Gasteiger partial charge in [0.05, 0.1) is 12.2 Å². The van der Waals surface area contributed by atoms with Crippen molar-refractivity contribution < 1.29 is 9.84 Å². The van der Waals surface area contributed by atoms with Gasteiger partial charge >= 0.3 is 0 Å². The highest BCUT2D eigenvalue weighted by atomic mass is 16.5. The van der Waals surface area contributed by atoms with Gasteiger partial charge in [0.2, 0.25) is 0 Å². The molecule has 1 unspecified atom stereocenters. The molecule has 0 aliphatic heterocycles.